The summed E-state index contributed by atoms with van der Waals surface area (Å²) in [6, 6.07) is 8.59. The molecule has 108 valence electrons. The molecule has 1 aromatic heterocycles. The molecule has 0 N–H and O–H groups in total. The summed E-state index contributed by atoms with van der Waals surface area (Å²) in [5.74, 6) is -0.738. The standard InChI is InChI=1S/C14H11ClN2O4/c1-2-21-14(18)10-8-16-12(9-6-4-3-5-7-9)13(11(10)15)17(19)20/h3-8H,2H2,1H3. The van der Waals surface area contributed by atoms with Gasteiger partial charge in [-0.15, -0.1) is 0 Å². The van der Waals surface area contributed by atoms with Crippen molar-refractivity contribution in [2.75, 3.05) is 6.61 Å². The first-order chi connectivity index (χ1) is 10.1. The van der Waals surface area contributed by atoms with Crippen LogP contribution < -0.4 is 0 Å². The number of hydrogen-bond acceptors (Lipinski definition) is 5. The lowest BCUT2D eigenvalue weighted by Gasteiger charge is -2.07. The number of carbonyl (C=O) groups excluding carboxylic acids is 1. The summed E-state index contributed by atoms with van der Waals surface area (Å²) in [7, 11) is 0. The quantitative estimate of drug-likeness (QED) is 0.490. The molecule has 0 atom stereocenters. The summed E-state index contributed by atoms with van der Waals surface area (Å²) in [6.07, 6.45) is 1.19. The van der Waals surface area contributed by atoms with Crippen LogP contribution in [0.1, 0.15) is 17.3 Å². The highest BCUT2D eigenvalue weighted by Crippen LogP contribution is 2.36. The van der Waals surface area contributed by atoms with Gasteiger partial charge in [0.1, 0.15) is 16.3 Å². The van der Waals surface area contributed by atoms with Gasteiger partial charge in [-0.05, 0) is 6.92 Å². The first-order valence-electron chi connectivity index (χ1n) is 6.11. The number of rotatable bonds is 4. The van der Waals surface area contributed by atoms with Gasteiger partial charge in [0.05, 0.1) is 11.5 Å². The molecule has 21 heavy (non-hydrogen) atoms. The van der Waals surface area contributed by atoms with Gasteiger partial charge >= 0.3 is 11.7 Å². The number of nitro groups is 1. The Balaban J connectivity index is 2.62. The van der Waals surface area contributed by atoms with Crippen LogP contribution >= 0.6 is 11.6 Å². The van der Waals surface area contributed by atoms with E-state index >= 15 is 0 Å². The zero-order valence-electron chi connectivity index (χ0n) is 11.1. The van der Waals surface area contributed by atoms with E-state index in [9.17, 15) is 14.9 Å². The Morgan fingerprint density at radius 2 is 2.05 bits per heavy atom. The molecule has 0 spiro atoms. The molecule has 0 amide bonds. The third-order valence-electron chi connectivity index (χ3n) is 2.72. The van der Waals surface area contributed by atoms with E-state index in [0.29, 0.717) is 5.56 Å². The zero-order valence-corrected chi connectivity index (χ0v) is 11.8. The summed E-state index contributed by atoms with van der Waals surface area (Å²) < 4.78 is 4.80. The first-order valence-corrected chi connectivity index (χ1v) is 6.49. The summed E-state index contributed by atoms with van der Waals surface area (Å²) in [5, 5.41) is 11.0. The predicted molar refractivity (Wildman–Crippen MR) is 77.3 cm³/mol. The van der Waals surface area contributed by atoms with Gasteiger partial charge in [-0.3, -0.25) is 10.1 Å². The molecule has 7 heteroatoms. The van der Waals surface area contributed by atoms with E-state index in [-0.39, 0.29) is 22.9 Å². The highest BCUT2D eigenvalue weighted by atomic mass is 35.5. The number of hydrogen-bond donors (Lipinski definition) is 0. The lowest BCUT2D eigenvalue weighted by molar-refractivity contribution is -0.384. The van der Waals surface area contributed by atoms with E-state index in [1.807, 2.05) is 0 Å². The topological polar surface area (TPSA) is 82.3 Å². The van der Waals surface area contributed by atoms with Gasteiger partial charge in [-0.25, -0.2) is 9.78 Å². The number of aromatic nitrogens is 1. The molecule has 0 aliphatic carbocycles. The van der Waals surface area contributed by atoms with Crippen molar-refractivity contribution in [3.05, 3.63) is 57.2 Å². The second-order valence-electron chi connectivity index (χ2n) is 4.03. The van der Waals surface area contributed by atoms with Crippen molar-refractivity contribution in [3.8, 4) is 11.3 Å². The Morgan fingerprint density at radius 1 is 1.38 bits per heavy atom. The summed E-state index contributed by atoms with van der Waals surface area (Å²) in [4.78, 5) is 26.4. The minimum atomic E-state index is -0.738. The normalized spacial score (nSPS) is 10.2. The lowest BCUT2D eigenvalue weighted by Crippen LogP contribution is -2.08. The Labute approximate surface area is 125 Å². The van der Waals surface area contributed by atoms with Gasteiger partial charge in [-0.1, -0.05) is 41.9 Å². The van der Waals surface area contributed by atoms with Crippen LogP contribution in [-0.2, 0) is 4.74 Å². The van der Waals surface area contributed by atoms with Crippen LogP contribution in [0.15, 0.2) is 36.5 Å². The molecule has 1 aromatic carbocycles. The monoisotopic (exact) mass is 306 g/mol. The van der Waals surface area contributed by atoms with Gasteiger partial charge < -0.3 is 4.74 Å². The largest absolute Gasteiger partial charge is 0.462 e. The van der Waals surface area contributed by atoms with Crippen molar-refractivity contribution < 1.29 is 14.5 Å². The third-order valence-corrected chi connectivity index (χ3v) is 3.10. The smallest absolute Gasteiger partial charge is 0.341 e. The third kappa shape index (κ3) is 3.00. The molecule has 0 radical (unpaired) electrons. The fourth-order valence-electron chi connectivity index (χ4n) is 1.80. The number of ether oxygens (including phenoxy) is 1. The molecule has 2 rings (SSSR count). The van der Waals surface area contributed by atoms with Crippen molar-refractivity contribution in [3.63, 3.8) is 0 Å². The van der Waals surface area contributed by atoms with Crippen molar-refractivity contribution in [2.24, 2.45) is 0 Å². The Hall–Kier alpha value is -2.47. The molecule has 0 unspecified atom stereocenters. The van der Waals surface area contributed by atoms with Crippen molar-refractivity contribution in [1.29, 1.82) is 0 Å². The molecular formula is C14H11ClN2O4. The Morgan fingerprint density at radius 3 is 2.62 bits per heavy atom. The van der Waals surface area contributed by atoms with Crippen LogP contribution in [0.4, 0.5) is 5.69 Å². The average molecular weight is 307 g/mol. The van der Waals surface area contributed by atoms with Gasteiger partial charge in [-0.2, -0.15) is 0 Å². The minimum absolute atomic E-state index is 0.110. The van der Waals surface area contributed by atoms with Gasteiger partial charge in [0.25, 0.3) is 0 Å². The molecule has 0 aliphatic rings. The first kappa shape index (κ1) is 14.9. The number of pyridine rings is 1. The van der Waals surface area contributed by atoms with Crippen LogP contribution in [0.25, 0.3) is 11.3 Å². The maximum absolute atomic E-state index is 11.7. The van der Waals surface area contributed by atoms with E-state index < -0.39 is 16.6 Å². The van der Waals surface area contributed by atoms with E-state index in [1.54, 1.807) is 37.3 Å². The van der Waals surface area contributed by atoms with E-state index in [4.69, 9.17) is 16.3 Å². The zero-order chi connectivity index (χ0) is 15.4. The number of halogens is 1. The average Bonchev–Trinajstić information content (AvgIpc) is 2.47. The van der Waals surface area contributed by atoms with Crippen LogP contribution in [0.2, 0.25) is 5.02 Å². The molecule has 0 aliphatic heterocycles. The minimum Gasteiger partial charge on any atom is -0.462 e. The molecular weight excluding hydrogens is 296 g/mol. The fraction of sp³-hybridized carbons (Fsp3) is 0.143. The van der Waals surface area contributed by atoms with Crippen LogP contribution in [0, 0.1) is 10.1 Å². The molecule has 6 nitrogen and oxygen atoms in total. The number of benzene rings is 1. The maximum atomic E-state index is 11.7. The molecule has 2 aromatic rings. The fourth-order valence-corrected chi connectivity index (χ4v) is 2.09. The molecule has 0 saturated carbocycles. The van der Waals surface area contributed by atoms with Crippen LogP contribution in [0.3, 0.4) is 0 Å². The van der Waals surface area contributed by atoms with Crippen LogP contribution in [0.5, 0.6) is 0 Å². The second-order valence-corrected chi connectivity index (χ2v) is 4.40. The van der Waals surface area contributed by atoms with Crippen molar-refractivity contribution in [1.82, 2.24) is 4.98 Å². The van der Waals surface area contributed by atoms with E-state index in [1.165, 1.54) is 6.20 Å². The van der Waals surface area contributed by atoms with Gasteiger partial charge in [0.15, 0.2) is 0 Å². The van der Waals surface area contributed by atoms with Gasteiger partial charge in [0.2, 0.25) is 0 Å². The number of carbonyl (C=O) groups is 1. The van der Waals surface area contributed by atoms with Crippen molar-refractivity contribution in [2.45, 2.75) is 6.92 Å². The summed E-state index contributed by atoms with van der Waals surface area (Å²) in [6.45, 7) is 1.77. The summed E-state index contributed by atoms with van der Waals surface area (Å²) in [5.41, 5.74) is 0.124. The highest BCUT2D eigenvalue weighted by Gasteiger charge is 2.27. The summed E-state index contributed by atoms with van der Waals surface area (Å²) >= 11 is 6.01. The lowest BCUT2D eigenvalue weighted by atomic mass is 10.1. The Bertz CT molecular complexity index is 689. The number of nitrogens with zero attached hydrogens (tertiary/aromatic N) is 2. The SMILES string of the molecule is CCOC(=O)c1cnc(-c2ccccc2)c([N+](=O)[O-])c1Cl. The number of esters is 1. The molecule has 0 saturated heterocycles. The van der Waals surface area contributed by atoms with Gasteiger partial charge in [0, 0.05) is 11.8 Å². The molecule has 0 fully saturated rings. The van der Waals surface area contributed by atoms with E-state index in [0.717, 1.165) is 0 Å². The molecule has 0 bridgehead atoms. The van der Waals surface area contributed by atoms with Crippen LogP contribution in [-0.4, -0.2) is 22.5 Å². The maximum Gasteiger partial charge on any atom is 0.341 e. The second kappa shape index (κ2) is 6.32. The van der Waals surface area contributed by atoms with Crippen molar-refractivity contribution >= 4 is 23.3 Å². The molecule has 1 heterocycles. The highest BCUT2D eigenvalue weighted by molar-refractivity contribution is 6.36. The van der Waals surface area contributed by atoms with E-state index in [2.05, 4.69) is 4.98 Å². The predicted octanol–water partition coefficient (Wildman–Crippen LogP) is 3.49. The Kier molecular flexibility index (Phi) is 4.49.